The molecule has 0 radical (unpaired) electrons. The van der Waals surface area contributed by atoms with Gasteiger partial charge < -0.3 is 10.3 Å². The van der Waals surface area contributed by atoms with Crippen molar-refractivity contribution in [1.29, 1.82) is 0 Å². The zero-order valence-corrected chi connectivity index (χ0v) is 17.0. The van der Waals surface area contributed by atoms with E-state index >= 15 is 0 Å². The van der Waals surface area contributed by atoms with Gasteiger partial charge >= 0.3 is 0 Å². The number of nitrogen functional groups attached to an aromatic ring is 1. The molecule has 0 spiro atoms. The number of rotatable bonds is 3. The number of aryl methyl sites for hydroxylation is 1. The highest BCUT2D eigenvalue weighted by Gasteiger charge is 2.28. The molecule has 4 aromatic rings. The molecule has 0 amide bonds. The molecule has 0 unspecified atom stereocenters. The van der Waals surface area contributed by atoms with E-state index in [-0.39, 0.29) is 11.6 Å². The molecule has 30 heavy (non-hydrogen) atoms. The Kier molecular flexibility index (Phi) is 4.28. The molecule has 5 rings (SSSR count). The lowest BCUT2D eigenvalue weighted by atomic mass is 10.1. The van der Waals surface area contributed by atoms with Crippen LogP contribution in [0.4, 0.5) is 5.82 Å². The van der Waals surface area contributed by atoms with Gasteiger partial charge in [-0.15, -0.1) is 0 Å². The maximum Gasteiger partial charge on any atom is 0.259 e. The van der Waals surface area contributed by atoms with Gasteiger partial charge in [-0.2, -0.15) is 5.10 Å². The summed E-state index contributed by atoms with van der Waals surface area (Å²) in [6.45, 7) is 4.38. The van der Waals surface area contributed by atoms with Crippen molar-refractivity contribution >= 4 is 27.6 Å². The number of benzene rings is 1. The summed E-state index contributed by atoms with van der Waals surface area (Å²) in [5.74, 6) is 6.48. The average Bonchev–Trinajstić information content (AvgIpc) is 3.49. The van der Waals surface area contributed by atoms with Crippen molar-refractivity contribution in [1.82, 2.24) is 24.3 Å². The van der Waals surface area contributed by atoms with Crippen LogP contribution in [0.15, 0.2) is 35.4 Å². The van der Waals surface area contributed by atoms with Crippen LogP contribution in [0, 0.1) is 18.8 Å². The van der Waals surface area contributed by atoms with E-state index in [9.17, 15) is 4.79 Å². The molecule has 1 aliphatic rings. The first-order valence-electron chi connectivity index (χ1n) is 10.2. The molecule has 1 aliphatic carbocycles. The number of fused-ring (bicyclic) bond motifs is 2. The summed E-state index contributed by atoms with van der Waals surface area (Å²) in [6.07, 6.45) is 4.19. The maximum atomic E-state index is 13.4. The fourth-order valence-corrected chi connectivity index (χ4v) is 4.01. The molecule has 7 nitrogen and oxygen atoms in total. The van der Waals surface area contributed by atoms with E-state index in [0.29, 0.717) is 35.5 Å². The van der Waals surface area contributed by atoms with Crippen molar-refractivity contribution in [2.45, 2.75) is 45.7 Å². The van der Waals surface area contributed by atoms with Crippen LogP contribution in [-0.2, 0) is 6.54 Å². The van der Waals surface area contributed by atoms with E-state index in [1.165, 1.54) is 6.33 Å². The lowest BCUT2D eigenvalue weighted by Crippen LogP contribution is -2.25. The lowest BCUT2D eigenvalue weighted by molar-refractivity contribution is 0.605. The van der Waals surface area contributed by atoms with Gasteiger partial charge in [0.15, 0.2) is 5.65 Å². The number of hydrogen-bond acceptors (Lipinski definition) is 5. The average molecular weight is 398 g/mol. The molecule has 0 bridgehead atoms. The van der Waals surface area contributed by atoms with Gasteiger partial charge in [0.05, 0.1) is 17.3 Å². The van der Waals surface area contributed by atoms with Gasteiger partial charge in [0.25, 0.3) is 5.56 Å². The normalized spacial score (nSPS) is 13.5. The quantitative estimate of drug-likeness (QED) is 0.535. The van der Waals surface area contributed by atoms with Crippen LogP contribution in [0.25, 0.3) is 21.8 Å². The first-order chi connectivity index (χ1) is 14.6. The molecule has 3 aromatic heterocycles. The molecule has 7 heteroatoms. The predicted molar refractivity (Wildman–Crippen MR) is 117 cm³/mol. The Morgan fingerprint density at radius 1 is 1.23 bits per heavy atom. The Morgan fingerprint density at radius 2 is 2.07 bits per heavy atom. The Morgan fingerprint density at radius 3 is 2.83 bits per heavy atom. The minimum atomic E-state index is 0.0692. The van der Waals surface area contributed by atoms with Crippen LogP contribution in [0.1, 0.15) is 49.2 Å². The second-order valence-electron chi connectivity index (χ2n) is 7.70. The van der Waals surface area contributed by atoms with Gasteiger partial charge in [0.1, 0.15) is 17.8 Å². The minimum absolute atomic E-state index is 0.0692. The van der Waals surface area contributed by atoms with Crippen molar-refractivity contribution in [2.75, 3.05) is 5.73 Å². The molecule has 150 valence electrons. The van der Waals surface area contributed by atoms with E-state index < -0.39 is 0 Å². The topological polar surface area (TPSA) is 91.6 Å². The van der Waals surface area contributed by atoms with Crippen LogP contribution < -0.4 is 11.3 Å². The van der Waals surface area contributed by atoms with Crippen LogP contribution in [-0.4, -0.2) is 24.3 Å². The van der Waals surface area contributed by atoms with E-state index in [1.807, 2.05) is 36.6 Å². The zero-order valence-electron chi connectivity index (χ0n) is 17.0. The van der Waals surface area contributed by atoms with Crippen molar-refractivity contribution < 1.29 is 0 Å². The van der Waals surface area contributed by atoms with Gasteiger partial charge in [-0.1, -0.05) is 31.0 Å². The van der Waals surface area contributed by atoms with Crippen molar-refractivity contribution in [3.8, 4) is 11.8 Å². The standard InChI is InChI=1S/C23H22N6O/c1-3-4-8-18-20-21(24)25-13-26-22(20)28(27-18)12-17-11-15-7-5-6-14(2)19(15)23(30)29(17)16-9-10-16/h5-7,11,13,16H,3,9-10,12H2,1-2H3,(H2,24,25,26). The van der Waals surface area contributed by atoms with Gasteiger partial charge in [-0.05, 0) is 42.7 Å². The fourth-order valence-electron chi connectivity index (χ4n) is 4.01. The Balaban J connectivity index is 1.72. The van der Waals surface area contributed by atoms with Crippen molar-refractivity contribution in [2.24, 2.45) is 0 Å². The third-order valence-electron chi connectivity index (χ3n) is 5.54. The largest absolute Gasteiger partial charge is 0.383 e. The van der Waals surface area contributed by atoms with E-state index in [2.05, 4.69) is 33.0 Å². The predicted octanol–water partition coefficient (Wildman–Crippen LogP) is 3.18. The number of nitrogens with two attached hydrogens (primary N) is 1. The van der Waals surface area contributed by atoms with Gasteiger partial charge in [0, 0.05) is 18.2 Å². The first-order valence-corrected chi connectivity index (χ1v) is 10.2. The summed E-state index contributed by atoms with van der Waals surface area (Å²) < 4.78 is 3.72. The van der Waals surface area contributed by atoms with Crippen LogP contribution in [0.3, 0.4) is 0 Å². The Hall–Kier alpha value is -3.66. The number of aromatic nitrogens is 5. The first kappa shape index (κ1) is 18.4. The smallest absolute Gasteiger partial charge is 0.259 e. The van der Waals surface area contributed by atoms with Gasteiger partial charge in [-0.3, -0.25) is 4.79 Å². The fraction of sp³-hybridized carbons (Fsp3) is 0.304. The van der Waals surface area contributed by atoms with Gasteiger partial charge in [0.2, 0.25) is 0 Å². The molecule has 1 saturated carbocycles. The van der Waals surface area contributed by atoms with Crippen molar-refractivity contribution in [3.63, 3.8) is 0 Å². The number of hydrogen-bond donors (Lipinski definition) is 1. The summed E-state index contributed by atoms with van der Waals surface area (Å²) in [7, 11) is 0. The monoisotopic (exact) mass is 398 g/mol. The second kappa shape index (κ2) is 6.99. The molecule has 0 atom stereocenters. The molecule has 3 heterocycles. The highest BCUT2D eigenvalue weighted by atomic mass is 16.1. The summed E-state index contributed by atoms with van der Waals surface area (Å²) in [5, 5.41) is 7.08. The maximum absolute atomic E-state index is 13.4. The van der Waals surface area contributed by atoms with Gasteiger partial charge in [-0.25, -0.2) is 14.6 Å². The summed E-state index contributed by atoms with van der Waals surface area (Å²) in [6, 6.07) is 8.30. The summed E-state index contributed by atoms with van der Waals surface area (Å²) in [4.78, 5) is 21.9. The lowest BCUT2D eigenvalue weighted by Gasteiger charge is -2.15. The summed E-state index contributed by atoms with van der Waals surface area (Å²) >= 11 is 0. The number of pyridine rings is 1. The van der Waals surface area contributed by atoms with E-state index in [0.717, 1.165) is 34.9 Å². The Labute approximate surface area is 173 Å². The highest BCUT2D eigenvalue weighted by Crippen LogP contribution is 2.36. The summed E-state index contributed by atoms with van der Waals surface area (Å²) in [5.41, 5.74) is 9.29. The highest BCUT2D eigenvalue weighted by molar-refractivity contribution is 5.90. The Bertz CT molecular complexity index is 1420. The molecule has 2 N–H and O–H groups in total. The molecule has 0 saturated heterocycles. The van der Waals surface area contributed by atoms with Crippen LogP contribution in [0.5, 0.6) is 0 Å². The van der Waals surface area contributed by atoms with Crippen molar-refractivity contribution in [3.05, 3.63) is 57.9 Å². The molecular formula is C23H22N6O. The second-order valence-corrected chi connectivity index (χ2v) is 7.70. The molecule has 1 fully saturated rings. The molecular weight excluding hydrogens is 376 g/mol. The van der Waals surface area contributed by atoms with E-state index in [4.69, 9.17) is 5.73 Å². The zero-order chi connectivity index (χ0) is 20.8. The molecule has 1 aromatic carbocycles. The molecule has 0 aliphatic heterocycles. The third kappa shape index (κ3) is 2.92. The van der Waals surface area contributed by atoms with Crippen LogP contribution >= 0.6 is 0 Å². The number of nitrogens with zero attached hydrogens (tertiary/aromatic N) is 5. The third-order valence-corrected chi connectivity index (χ3v) is 5.54. The SMILES string of the molecule is CCC#Cc1nn(Cc2cc3cccc(C)c3c(=O)n2C2CC2)c2ncnc(N)c12. The van der Waals surface area contributed by atoms with Crippen LogP contribution in [0.2, 0.25) is 0 Å². The van der Waals surface area contributed by atoms with E-state index in [1.54, 1.807) is 4.68 Å². The minimum Gasteiger partial charge on any atom is -0.383 e. The number of anilines is 1.